The number of aryl methyl sites for hydroxylation is 1. The summed E-state index contributed by atoms with van der Waals surface area (Å²) in [6.45, 7) is 2.29. The second-order valence-corrected chi connectivity index (χ2v) is 7.19. The smallest absolute Gasteiger partial charge is 0.260 e. The molecule has 1 aliphatic heterocycles. The molecule has 1 aliphatic rings. The van der Waals surface area contributed by atoms with Gasteiger partial charge in [0.1, 0.15) is 0 Å². The zero-order valence-corrected chi connectivity index (χ0v) is 16.7. The van der Waals surface area contributed by atoms with Gasteiger partial charge in [-0.2, -0.15) is 0 Å². The van der Waals surface area contributed by atoms with Crippen LogP contribution in [0.2, 0.25) is 0 Å². The molecule has 3 aromatic heterocycles. The van der Waals surface area contributed by atoms with Gasteiger partial charge in [-0.25, -0.2) is 0 Å². The van der Waals surface area contributed by atoms with Crippen LogP contribution in [-0.4, -0.2) is 27.2 Å². The Balaban J connectivity index is 1.48. The van der Waals surface area contributed by atoms with Crippen molar-refractivity contribution in [3.63, 3.8) is 0 Å². The molecule has 0 fully saturated rings. The fourth-order valence-corrected chi connectivity index (χ4v) is 3.52. The van der Waals surface area contributed by atoms with Crippen molar-refractivity contribution in [2.45, 2.75) is 13.5 Å². The highest BCUT2D eigenvalue weighted by Crippen LogP contribution is 2.34. The van der Waals surface area contributed by atoms with Crippen LogP contribution < -0.4 is 20.3 Å². The maximum atomic E-state index is 13.0. The van der Waals surface area contributed by atoms with Gasteiger partial charge >= 0.3 is 0 Å². The van der Waals surface area contributed by atoms with E-state index in [1.165, 1.54) is 0 Å². The van der Waals surface area contributed by atoms with E-state index in [0.717, 1.165) is 5.56 Å². The molecular weight excluding hydrogens is 396 g/mol. The standard InChI is InChI=1S/C23H18N4O4/c1-14-17(22(28)26-16-4-5-20-21(9-16)31-13-30-20)10-18-19(25-14)6-8-27(23(18)29)12-15-3-2-7-24-11-15/h2-11H,12-13H2,1H3,(H,26,28). The van der Waals surface area contributed by atoms with Crippen molar-refractivity contribution in [3.05, 3.63) is 88.2 Å². The molecule has 0 spiro atoms. The van der Waals surface area contributed by atoms with Crippen LogP contribution in [0.1, 0.15) is 21.6 Å². The van der Waals surface area contributed by atoms with E-state index < -0.39 is 0 Å². The summed E-state index contributed by atoms with van der Waals surface area (Å²) in [6, 6.07) is 12.3. The fraction of sp³-hybridized carbons (Fsp3) is 0.130. The van der Waals surface area contributed by atoms with Gasteiger partial charge in [-0.1, -0.05) is 6.07 Å². The lowest BCUT2D eigenvalue weighted by atomic mass is 10.1. The number of amides is 1. The molecule has 0 aliphatic carbocycles. The Labute approximate surface area is 177 Å². The van der Waals surface area contributed by atoms with Crippen molar-refractivity contribution in [2.75, 3.05) is 12.1 Å². The van der Waals surface area contributed by atoms with Crippen LogP contribution in [0.15, 0.2) is 65.8 Å². The number of anilines is 1. The number of carbonyl (C=O) groups excluding carboxylic acids is 1. The molecule has 0 saturated heterocycles. The molecule has 1 aromatic carbocycles. The van der Waals surface area contributed by atoms with Gasteiger partial charge < -0.3 is 19.4 Å². The molecule has 0 atom stereocenters. The van der Waals surface area contributed by atoms with Crippen LogP contribution in [0.5, 0.6) is 11.5 Å². The third kappa shape index (κ3) is 3.59. The summed E-state index contributed by atoms with van der Waals surface area (Å²) in [4.78, 5) is 34.5. The number of aromatic nitrogens is 3. The summed E-state index contributed by atoms with van der Waals surface area (Å²) in [7, 11) is 0. The minimum Gasteiger partial charge on any atom is -0.454 e. The van der Waals surface area contributed by atoms with E-state index in [2.05, 4.69) is 15.3 Å². The van der Waals surface area contributed by atoms with Gasteiger partial charge in [-0.05, 0) is 42.8 Å². The molecule has 1 amide bonds. The first-order valence-electron chi connectivity index (χ1n) is 9.69. The maximum absolute atomic E-state index is 13.0. The van der Waals surface area contributed by atoms with Gasteiger partial charge in [-0.15, -0.1) is 0 Å². The number of nitrogens with one attached hydrogen (secondary N) is 1. The van der Waals surface area contributed by atoms with Gasteiger partial charge in [0.15, 0.2) is 11.5 Å². The molecule has 154 valence electrons. The minimum absolute atomic E-state index is 0.158. The third-order valence-electron chi connectivity index (χ3n) is 5.10. The van der Waals surface area contributed by atoms with Crippen molar-refractivity contribution in [3.8, 4) is 11.5 Å². The van der Waals surface area contributed by atoms with Crippen LogP contribution in [0.25, 0.3) is 10.9 Å². The van der Waals surface area contributed by atoms with Crippen LogP contribution >= 0.6 is 0 Å². The van der Waals surface area contributed by atoms with Crippen LogP contribution in [0, 0.1) is 6.92 Å². The molecule has 0 saturated carbocycles. The average molecular weight is 414 g/mol. The summed E-state index contributed by atoms with van der Waals surface area (Å²) in [5.41, 5.74) is 2.67. The van der Waals surface area contributed by atoms with Crippen molar-refractivity contribution >= 4 is 22.5 Å². The summed E-state index contributed by atoms with van der Waals surface area (Å²) >= 11 is 0. The molecule has 0 radical (unpaired) electrons. The van der Waals surface area contributed by atoms with Crippen LogP contribution in [0.4, 0.5) is 5.69 Å². The molecule has 31 heavy (non-hydrogen) atoms. The van der Waals surface area contributed by atoms with E-state index in [-0.39, 0.29) is 18.3 Å². The largest absolute Gasteiger partial charge is 0.454 e. The molecule has 0 unspecified atom stereocenters. The lowest BCUT2D eigenvalue weighted by Crippen LogP contribution is -2.22. The summed E-state index contributed by atoms with van der Waals surface area (Å²) in [5.74, 6) is 0.855. The number of fused-ring (bicyclic) bond motifs is 2. The SMILES string of the molecule is Cc1nc2ccn(Cc3cccnc3)c(=O)c2cc1C(=O)Nc1ccc2c(c1)OCO2. The fourth-order valence-electron chi connectivity index (χ4n) is 3.52. The lowest BCUT2D eigenvalue weighted by molar-refractivity contribution is 0.102. The Morgan fingerprint density at radius 1 is 1.16 bits per heavy atom. The normalized spacial score (nSPS) is 12.2. The Bertz CT molecular complexity index is 1370. The number of benzene rings is 1. The van der Waals surface area contributed by atoms with Gasteiger partial charge in [0.2, 0.25) is 6.79 Å². The molecule has 8 heteroatoms. The minimum atomic E-state index is -0.354. The van der Waals surface area contributed by atoms with E-state index in [0.29, 0.717) is 45.9 Å². The Morgan fingerprint density at radius 3 is 2.87 bits per heavy atom. The van der Waals surface area contributed by atoms with Crippen LogP contribution in [0.3, 0.4) is 0 Å². The first kappa shape index (κ1) is 18.8. The molecule has 4 aromatic rings. The summed E-state index contributed by atoms with van der Waals surface area (Å²) < 4.78 is 12.2. The van der Waals surface area contributed by atoms with Crippen molar-refractivity contribution in [1.82, 2.24) is 14.5 Å². The summed E-state index contributed by atoms with van der Waals surface area (Å²) in [6.07, 6.45) is 5.11. The lowest BCUT2D eigenvalue weighted by Gasteiger charge is -2.11. The molecule has 8 nitrogen and oxygen atoms in total. The van der Waals surface area contributed by atoms with Crippen molar-refractivity contribution < 1.29 is 14.3 Å². The average Bonchev–Trinajstić information content (AvgIpc) is 3.24. The first-order valence-corrected chi connectivity index (χ1v) is 9.69. The number of nitrogens with zero attached hydrogens (tertiary/aromatic N) is 3. The van der Waals surface area contributed by atoms with Gasteiger partial charge in [0, 0.05) is 30.3 Å². The maximum Gasteiger partial charge on any atom is 0.260 e. The predicted octanol–water partition coefficient (Wildman–Crippen LogP) is 3.13. The Hall–Kier alpha value is -4.20. The second-order valence-electron chi connectivity index (χ2n) is 7.19. The third-order valence-corrected chi connectivity index (χ3v) is 5.10. The number of carbonyl (C=O) groups is 1. The molecule has 0 bridgehead atoms. The number of ether oxygens (including phenoxy) is 2. The Kier molecular flexibility index (Phi) is 4.59. The zero-order valence-electron chi connectivity index (χ0n) is 16.7. The van der Waals surface area contributed by atoms with Crippen molar-refractivity contribution in [2.24, 2.45) is 0 Å². The van der Waals surface area contributed by atoms with Crippen LogP contribution in [-0.2, 0) is 6.54 Å². The predicted molar refractivity (Wildman–Crippen MR) is 115 cm³/mol. The van der Waals surface area contributed by atoms with E-state index in [1.54, 1.807) is 60.4 Å². The van der Waals surface area contributed by atoms with E-state index in [1.807, 2.05) is 12.1 Å². The van der Waals surface area contributed by atoms with E-state index >= 15 is 0 Å². The quantitative estimate of drug-likeness (QED) is 0.551. The van der Waals surface area contributed by atoms with Gasteiger partial charge in [0.25, 0.3) is 11.5 Å². The topological polar surface area (TPSA) is 95.3 Å². The molecular formula is C23H18N4O4. The molecule has 1 N–H and O–H groups in total. The second kappa shape index (κ2) is 7.56. The monoisotopic (exact) mass is 414 g/mol. The number of rotatable bonds is 4. The zero-order chi connectivity index (χ0) is 21.4. The molecule has 5 rings (SSSR count). The number of pyridine rings is 3. The Morgan fingerprint density at radius 2 is 2.03 bits per heavy atom. The highest BCUT2D eigenvalue weighted by atomic mass is 16.7. The van der Waals surface area contributed by atoms with Gasteiger partial charge in [-0.3, -0.25) is 19.6 Å². The van der Waals surface area contributed by atoms with Crippen molar-refractivity contribution in [1.29, 1.82) is 0 Å². The van der Waals surface area contributed by atoms with E-state index in [9.17, 15) is 9.59 Å². The van der Waals surface area contributed by atoms with E-state index in [4.69, 9.17) is 9.47 Å². The number of hydrogen-bond acceptors (Lipinski definition) is 6. The summed E-state index contributed by atoms with van der Waals surface area (Å²) in [5, 5.41) is 3.22. The highest BCUT2D eigenvalue weighted by molar-refractivity contribution is 6.06. The number of hydrogen-bond donors (Lipinski definition) is 1. The molecule has 4 heterocycles. The highest BCUT2D eigenvalue weighted by Gasteiger charge is 2.17. The van der Waals surface area contributed by atoms with Gasteiger partial charge in [0.05, 0.1) is 28.7 Å². The first-order chi connectivity index (χ1) is 15.1.